The first kappa shape index (κ1) is 14.6. The average Bonchev–Trinajstić information content (AvgIpc) is 2.28. The Hall–Kier alpha value is -0.420. The summed E-state index contributed by atoms with van der Waals surface area (Å²) in [4.78, 5) is 11.9. The molecular weight excluding hydrogens is 236 g/mol. The molecule has 1 saturated carbocycles. The molecule has 3 N–H and O–H groups in total. The zero-order valence-corrected chi connectivity index (χ0v) is 11.6. The molecule has 0 bridgehead atoms. The smallest absolute Gasteiger partial charge is 0.223 e. The molecule has 1 aliphatic carbocycles. The van der Waals surface area contributed by atoms with Crippen LogP contribution in [0.3, 0.4) is 0 Å². The average molecular weight is 260 g/mol. The highest BCUT2D eigenvalue weighted by Gasteiger charge is 2.26. The fourth-order valence-corrected chi connectivity index (χ4v) is 3.20. The monoisotopic (exact) mass is 260 g/mol. The Morgan fingerprint density at radius 3 is 2.47 bits per heavy atom. The molecule has 17 heavy (non-hydrogen) atoms. The highest BCUT2D eigenvalue weighted by molar-refractivity contribution is 7.84. The van der Waals surface area contributed by atoms with Crippen molar-refractivity contribution in [1.29, 1.82) is 0 Å². The van der Waals surface area contributed by atoms with Crippen molar-refractivity contribution in [3.8, 4) is 0 Å². The molecule has 5 heteroatoms. The summed E-state index contributed by atoms with van der Waals surface area (Å²) < 4.78 is 11.0. The predicted molar refractivity (Wildman–Crippen MR) is 71.0 cm³/mol. The van der Waals surface area contributed by atoms with Gasteiger partial charge in [-0.15, -0.1) is 0 Å². The molecule has 0 spiro atoms. The van der Waals surface area contributed by atoms with Gasteiger partial charge in [0.05, 0.1) is 0 Å². The summed E-state index contributed by atoms with van der Waals surface area (Å²) >= 11 is 0. The molecule has 1 aliphatic rings. The molecule has 1 rings (SSSR count). The number of rotatable bonds is 5. The van der Waals surface area contributed by atoms with E-state index in [1.54, 1.807) is 6.26 Å². The highest BCUT2D eigenvalue weighted by Crippen LogP contribution is 2.28. The van der Waals surface area contributed by atoms with Crippen LogP contribution < -0.4 is 11.1 Å². The summed E-state index contributed by atoms with van der Waals surface area (Å²) in [5.74, 6) is 1.38. The van der Waals surface area contributed by atoms with E-state index in [-0.39, 0.29) is 17.9 Å². The van der Waals surface area contributed by atoms with Crippen LogP contribution in [-0.4, -0.2) is 34.7 Å². The van der Waals surface area contributed by atoms with Gasteiger partial charge >= 0.3 is 0 Å². The van der Waals surface area contributed by atoms with Crippen molar-refractivity contribution in [1.82, 2.24) is 5.32 Å². The van der Waals surface area contributed by atoms with Crippen molar-refractivity contribution in [2.45, 2.75) is 38.6 Å². The number of hydrogen-bond acceptors (Lipinski definition) is 3. The molecular formula is C12H24N2O2S. The van der Waals surface area contributed by atoms with E-state index >= 15 is 0 Å². The van der Waals surface area contributed by atoms with Gasteiger partial charge in [0.1, 0.15) is 0 Å². The van der Waals surface area contributed by atoms with Gasteiger partial charge in [-0.25, -0.2) is 0 Å². The Morgan fingerprint density at radius 1 is 1.41 bits per heavy atom. The maximum Gasteiger partial charge on any atom is 0.223 e. The second-order valence-corrected chi connectivity index (χ2v) is 6.58. The van der Waals surface area contributed by atoms with Crippen molar-refractivity contribution in [3.63, 3.8) is 0 Å². The Bertz CT molecular complexity index is 276. The third-order valence-electron chi connectivity index (χ3n) is 3.42. The summed E-state index contributed by atoms with van der Waals surface area (Å²) in [5, 5.41) is 2.95. The molecule has 0 aromatic carbocycles. The molecule has 2 unspecified atom stereocenters. The topological polar surface area (TPSA) is 72.2 Å². The molecule has 0 aromatic heterocycles. The van der Waals surface area contributed by atoms with Gasteiger partial charge in [-0.3, -0.25) is 9.00 Å². The first-order valence-corrected chi connectivity index (χ1v) is 8.06. The van der Waals surface area contributed by atoms with E-state index in [1.165, 1.54) is 0 Å². The summed E-state index contributed by atoms with van der Waals surface area (Å²) in [6.07, 6.45) is 5.66. The molecule has 0 heterocycles. The van der Waals surface area contributed by atoms with Gasteiger partial charge in [0.25, 0.3) is 0 Å². The largest absolute Gasteiger partial charge is 0.352 e. The van der Waals surface area contributed by atoms with Crippen LogP contribution in [0.15, 0.2) is 0 Å². The first-order valence-electron chi connectivity index (χ1n) is 6.33. The minimum Gasteiger partial charge on any atom is -0.352 e. The van der Waals surface area contributed by atoms with Crippen LogP contribution in [0.5, 0.6) is 0 Å². The minimum atomic E-state index is -0.855. The summed E-state index contributed by atoms with van der Waals surface area (Å²) in [6.45, 7) is 2.64. The Balaban J connectivity index is 2.31. The lowest BCUT2D eigenvalue weighted by Gasteiger charge is -2.27. The van der Waals surface area contributed by atoms with E-state index < -0.39 is 10.8 Å². The van der Waals surface area contributed by atoms with E-state index in [1.807, 2.05) is 6.92 Å². The van der Waals surface area contributed by atoms with E-state index in [0.29, 0.717) is 11.7 Å². The summed E-state index contributed by atoms with van der Waals surface area (Å²) in [5.41, 5.74) is 5.63. The van der Waals surface area contributed by atoms with Crippen molar-refractivity contribution in [2.75, 3.05) is 18.6 Å². The van der Waals surface area contributed by atoms with Crippen LogP contribution in [0.2, 0.25) is 0 Å². The van der Waals surface area contributed by atoms with Gasteiger partial charge in [0, 0.05) is 34.8 Å². The lowest BCUT2D eigenvalue weighted by Crippen LogP contribution is -2.41. The van der Waals surface area contributed by atoms with E-state index in [4.69, 9.17) is 5.73 Å². The minimum absolute atomic E-state index is 0.000523. The van der Waals surface area contributed by atoms with E-state index in [0.717, 1.165) is 32.2 Å². The molecule has 100 valence electrons. The van der Waals surface area contributed by atoms with E-state index in [9.17, 15) is 9.00 Å². The SMILES string of the molecule is CC(CS(C)=O)NC(=O)C1CCC(CN)CC1. The maximum atomic E-state index is 11.9. The van der Waals surface area contributed by atoms with Gasteiger partial charge in [-0.1, -0.05) is 0 Å². The number of nitrogens with two attached hydrogens (primary N) is 1. The quantitative estimate of drug-likeness (QED) is 0.762. The second kappa shape index (κ2) is 7.11. The van der Waals surface area contributed by atoms with Gasteiger partial charge < -0.3 is 11.1 Å². The number of amides is 1. The molecule has 0 aromatic rings. The Kier molecular flexibility index (Phi) is 6.12. The number of carbonyl (C=O) groups excluding carboxylic acids is 1. The number of hydrogen-bond donors (Lipinski definition) is 2. The zero-order valence-electron chi connectivity index (χ0n) is 10.8. The molecule has 0 radical (unpaired) electrons. The maximum absolute atomic E-state index is 11.9. The van der Waals surface area contributed by atoms with Crippen molar-refractivity contribution in [3.05, 3.63) is 0 Å². The van der Waals surface area contributed by atoms with Crippen molar-refractivity contribution >= 4 is 16.7 Å². The summed E-state index contributed by atoms with van der Waals surface area (Å²) in [6, 6.07) is 0.000523. The lowest BCUT2D eigenvalue weighted by atomic mass is 9.81. The second-order valence-electron chi connectivity index (χ2n) is 5.10. The van der Waals surface area contributed by atoms with Crippen LogP contribution in [0.1, 0.15) is 32.6 Å². The third-order valence-corrected chi connectivity index (χ3v) is 4.39. The van der Waals surface area contributed by atoms with Crippen LogP contribution >= 0.6 is 0 Å². The fourth-order valence-electron chi connectivity index (χ4n) is 2.41. The van der Waals surface area contributed by atoms with Crippen molar-refractivity contribution in [2.24, 2.45) is 17.6 Å². The van der Waals surface area contributed by atoms with Gasteiger partial charge in [0.15, 0.2) is 0 Å². The van der Waals surface area contributed by atoms with Crippen LogP contribution in [0, 0.1) is 11.8 Å². The number of carbonyl (C=O) groups is 1. The van der Waals surface area contributed by atoms with Crippen LogP contribution in [-0.2, 0) is 15.6 Å². The molecule has 2 atom stereocenters. The Morgan fingerprint density at radius 2 is 2.00 bits per heavy atom. The van der Waals surface area contributed by atoms with Crippen LogP contribution in [0.25, 0.3) is 0 Å². The van der Waals surface area contributed by atoms with Crippen molar-refractivity contribution < 1.29 is 9.00 Å². The zero-order chi connectivity index (χ0) is 12.8. The van der Waals surface area contributed by atoms with Crippen LogP contribution in [0.4, 0.5) is 0 Å². The Labute approximate surface area is 106 Å². The predicted octanol–water partition coefficient (Wildman–Crippen LogP) is 0.635. The molecule has 0 saturated heterocycles. The fraction of sp³-hybridized carbons (Fsp3) is 0.917. The van der Waals surface area contributed by atoms with Gasteiger partial charge in [-0.2, -0.15) is 0 Å². The number of nitrogens with one attached hydrogen (secondary N) is 1. The molecule has 4 nitrogen and oxygen atoms in total. The van der Waals surface area contributed by atoms with Gasteiger partial charge in [-0.05, 0) is 45.1 Å². The molecule has 0 aliphatic heterocycles. The standard InChI is InChI=1S/C12H24N2O2S/c1-9(8-17(2)16)14-12(15)11-5-3-10(7-13)4-6-11/h9-11H,3-8,13H2,1-2H3,(H,14,15). The van der Waals surface area contributed by atoms with E-state index in [2.05, 4.69) is 5.32 Å². The molecule has 1 fully saturated rings. The summed E-state index contributed by atoms with van der Waals surface area (Å²) in [7, 11) is -0.855. The first-order chi connectivity index (χ1) is 8.02. The lowest BCUT2D eigenvalue weighted by molar-refractivity contribution is -0.126. The third kappa shape index (κ3) is 5.17. The van der Waals surface area contributed by atoms with Gasteiger partial charge in [0.2, 0.25) is 5.91 Å². The molecule has 1 amide bonds. The highest BCUT2D eigenvalue weighted by atomic mass is 32.2. The normalized spacial score (nSPS) is 28.4.